The third-order valence-corrected chi connectivity index (χ3v) is 6.58. The molecule has 0 aromatic carbocycles. The second kappa shape index (κ2) is 7.47. The third kappa shape index (κ3) is 4.97. The lowest BCUT2D eigenvalue weighted by Crippen LogP contribution is -2.33. The molecule has 0 bridgehead atoms. The minimum Gasteiger partial charge on any atom is -0.309 e. The van der Waals surface area contributed by atoms with Crippen molar-refractivity contribution in [3.05, 3.63) is 15.6 Å². The van der Waals surface area contributed by atoms with Crippen molar-refractivity contribution < 1.29 is 0 Å². The van der Waals surface area contributed by atoms with E-state index in [2.05, 4.69) is 39.9 Å². The molecule has 1 aliphatic rings. The first-order valence-corrected chi connectivity index (χ1v) is 10.2. The molecule has 4 heteroatoms. The molecule has 1 N–H and O–H groups in total. The first kappa shape index (κ1) is 17.3. The summed E-state index contributed by atoms with van der Waals surface area (Å²) in [7, 11) is 0. The van der Waals surface area contributed by atoms with Gasteiger partial charge in [-0.1, -0.05) is 34.6 Å². The van der Waals surface area contributed by atoms with E-state index in [0.717, 1.165) is 24.6 Å². The first-order valence-electron chi connectivity index (χ1n) is 8.21. The minimum atomic E-state index is 0.370. The van der Waals surface area contributed by atoms with E-state index in [4.69, 9.17) is 4.98 Å². The fourth-order valence-electron chi connectivity index (χ4n) is 2.91. The van der Waals surface area contributed by atoms with E-state index in [0.29, 0.717) is 11.5 Å². The standard InChI is InChI=1S/C17H30N2S2/c1-6-7-18-13-8-17(4,5)9-14-16(13)21-15(19-14)11-20-10-12(2)3/h12-13,18H,6-11H2,1-5H3. The topological polar surface area (TPSA) is 24.9 Å². The first-order chi connectivity index (χ1) is 9.91. The van der Waals surface area contributed by atoms with Gasteiger partial charge in [-0.05, 0) is 42.9 Å². The molecule has 0 spiro atoms. The Morgan fingerprint density at radius 2 is 2.19 bits per heavy atom. The van der Waals surface area contributed by atoms with Crippen LogP contribution in [0.5, 0.6) is 0 Å². The van der Waals surface area contributed by atoms with E-state index in [1.54, 1.807) is 0 Å². The van der Waals surface area contributed by atoms with Crippen molar-refractivity contribution in [1.29, 1.82) is 0 Å². The SMILES string of the molecule is CCCNC1CC(C)(C)Cc2nc(CSCC(C)C)sc21. The molecule has 0 amide bonds. The minimum absolute atomic E-state index is 0.370. The summed E-state index contributed by atoms with van der Waals surface area (Å²) in [4.78, 5) is 6.48. The Kier molecular flexibility index (Phi) is 6.15. The van der Waals surface area contributed by atoms with Crippen molar-refractivity contribution in [3.8, 4) is 0 Å². The molecule has 0 fully saturated rings. The van der Waals surface area contributed by atoms with Crippen molar-refractivity contribution in [3.63, 3.8) is 0 Å². The zero-order chi connectivity index (χ0) is 15.5. The predicted octanol–water partition coefficient (Wildman–Crippen LogP) is 5.05. The molecular weight excluding hydrogens is 296 g/mol. The molecule has 120 valence electrons. The summed E-state index contributed by atoms with van der Waals surface area (Å²) in [6.45, 7) is 12.7. The van der Waals surface area contributed by atoms with E-state index < -0.39 is 0 Å². The van der Waals surface area contributed by atoms with Crippen LogP contribution in [-0.4, -0.2) is 17.3 Å². The molecule has 1 heterocycles. The zero-order valence-corrected chi connectivity index (χ0v) is 15.8. The van der Waals surface area contributed by atoms with Crippen molar-refractivity contribution in [2.75, 3.05) is 12.3 Å². The Morgan fingerprint density at radius 3 is 2.86 bits per heavy atom. The summed E-state index contributed by atoms with van der Waals surface area (Å²) in [5.41, 5.74) is 1.74. The molecule has 2 rings (SSSR count). The van der Waals surface area contributed by atoms with Crippen LogP contribution in [0.1, 0.15) is 69.1 Å². The molecule has 1 atom stereocenters. The number of thioether (sulfide) groups is 1. The highest BCUT2D eigenvalue weighted by atomic mass is 32.2. The molecule has 0 saturated carbocycles. The number of hydrogen-bond acceptors (Lipinski definition) is 4. The van der Waals surface area contributed by atoms with E-state index in [1.165, 1.54) is 34.2 Å². The summed E-state index contributed by atoms with van der Waals surface area (Å²) < 4.78 is 0. The maximum absolute atomic E-state index is 4.96. The summed E-state index contributed by atoms with van der Waals surface area (Å²) in [5, 5.41) is 5.06. The lowest BCUT2D eigenvalue weighted by atomic mass is 9.76. The highest BCUT2D eigenvalue weighted by Crippen LogP contribution is 2.43. The maximum Gasteiger partial charge on any atom is 0.103 e. The van der Waals surface area contributed by atoms with E-state index in [1.807, 2.05) is 23.1 Å². The van der Waals surface area contributed by atoms with Gasteiger partial charge < -0.3 is 5.32 Å². The summed E-state index contributed by atoms with van der Waals surface area (Å²) >= 11 is 3.98. The lowest BCUT2D eigenvalue weighted by Gasteiger charge is -2.34. The van der Waals surface area contributed by atoms with Crippen molar-refractivity contribution in [2.24, 2.45) is 11.3 Å². The van der Waals surface area contributed by atoms with Crippen LogP contribution in [0.3, 0.4) is 0 Å². The number of hydrogen-bond donors (Lipinski definition) is 1. The maximum atomic E-state index is 4.96. The van der Waals surface area contributed by atoms with Crippen LogP contribution in [0.4, 0.5) is 0 Å². The smallest absolute Gasteiger partial charge is 0.103 e. The molecule has 1 unspecified atom stereocenters. The predicted molar refractivity (Wildman–Crippen MR) is 96.3 cm³/mol. The zero-order valence-electron chi connectivity index (χ0n) is 14.2. The van der Waals surface area contributed by atoms with Gasteiger partial charge in [-0.3, -0.25) is 0 Å². The number of aromatic nitrogens is 1. The van der Waals surface area contributed by atoms with Crippen LogP contribution in [0.25, 0.3) is 0 Å². The van der Waals surface area contributed by atoms with Gasteiger partial charge in [0.1, 0.15) is 5.01 Å². The molecular formula is C17H30N2S2. The molecule has 0 aliphatic heterocycles. The highest BCUT2D eigenvalue weighted by molar-refractivity contribution is 7.98. The summed E-state index contributed by atoms with van der Waals surface area (Å²) in [6.07, 6.45) is 3.57. The van der Waals surface area contributed by atoms with Crippen LogP contribution in [0.2, 0.25) is 0 Å². The highest BCUT2D eigenvalue weighted by Gasteiger charge is 2.34. The average Bonchev–Trinajstić information content (AvgIpc) is 2.76. The molecule has 1 aromatic heterocycles. The number of thiazole rings is 1. The van der Waals surface area contributed by atoms with Crippen LogP contribution in [-0.2, 0) is 12.2 Å². The normalized spacial score (nSPS) is 20.8. The van der Waals surface area contributed by atoms with Gasteiger partial charge in [0.05, 0.1) is 5.69 Å². The second-order valence-electron chi connectivity index (χ2n) is 7.38. The second-order valence-corrected chi connectivity index (χ2v) is 9.52. The van der Waals surface area contributed by atoms with E-state index in [9.17, 15) is 0 Å². The number of nitrogens with zero attached hydrogens (tertiary/aromatic N) is 1. The number of nitrogens with one attached hydrogen (secondary N) is 1. The Balaban J connectivity index is 2.08. The molecule has 0 saturated heterocycles. The fraction of sp³-hybridized carbons (Fsp3) is 0.824. The van der Waals surface area contributed by atoms with Crippen LogP contribution in [0, 0.1) is 11.3 Å². The van der Waals surface area contributed by atoms with Crippen molar-refractivity contribution >= 4 is 23.1 Å². The quantitative estimate of drug-likeness (QED) is 0.759. The molecule has 2 nitrogen and oxygen atoms in total. The molecule has 1 aromatic rings. The van der Waals surface area contributed by atoms with Gasteiger partial charge >= 0.3 is 0 Å². The summed E-state index contributed by atoms with van der Waals surface area (Å²) in [6, 6.07) is 0.519. The third-order valence-electron chi connectivity index (χ3n) is 3.81. The van der Waals surface area contributed by atoms with Gasteiger partial charge in [0.25, 0.3) is 0 Å². The fourth-order valence-corrected chi connectivity index (χ4v) is 5.18. The van der Waals surface area contributed by atoms with E-state index in [-0.39, 0.29) is 0 Å². The number of rotatable bonds is 7. The molecule has 21 heavy (non-hydrogen) atoms. The Bertz CT molecular complexity index is 452. The Hall–Kier alpha value is -0.0600. The monoisotopic (exact) mass is 326 g/mol. The van der Waals surface area contributed by atoms with Gasteiger partial charge in [0.15, 0.2) is 0 Å². The van der Waals surface area contributed by atoms with Gasteiger partial charge in [-0.25, -0.2) is 4.98 Å². The van der Waals surface area contributed by atoms with Gasteiger partial charge in [-0.15, -0.1) is 11.3 Å². The lowest BCUT2D eigenvalue weighted by molar-refractivity contribution is 0.258. The molecule has 0 radical (unpaired) electrons. The van der Waals surface area contributed by atoms with Crippen molar-refractivity contribution in [2.45, 2.75) is 65.7 Å². The van der Waals surface area contributed by atoms with Gasteiger partial charge in [0, 0.05) is 16.7 Å². The number of fused-ring (bicyclic) bond motifs is 1. The van der Waals surface area contributed by atoms with Crippen LogP contribution < -0.4 is 5.32 Å². The van der Waals surface area contributed by atoms with Crippen molar-refractivity contribution in [1.82, 2.24) is 10.3 Å². The Morgan fingerprint density at radius 1 is 1.43 bits per heavy atom. The van der Waals surface area contributed by atoms with Gasteiger partial charge in [-0.2, -0.15) is 11.8 Å². The average molecular weight is 327 g/mol. The molecule has 1 aliphatic carbocycles. The van der Waals surface area contributed by atoms with Crippen LogP contribution >= 0.6 is 23.1 Å². The summed E-state index contributed by atoms with van der Waals surface area (Å²) in [5.74, 6) is 3.08. The van der Waals surface area contributed by atoms with Gasteiger partial charge in [0.2, 0.25) is 0 Å². The van der Waals surface area contributed by atoms with Crippen LogP contribution in [0.15, 0.2) is 0 Å². The Labute approximate surface area is 138 Å². The van der Waals surface area contributed by atoms with E-state index >= 15 is 0 Å². The largest absolute Gasteiger partial charge is 0.309 e.